The lowest BCUT2D eigenvalue weighted by molar-refractivity contribution is -0.335. The molecular formula is C17H23O12P. The number of carboxylic acid groups (broad SMARTS) is 1. The van der Waals surface area contributed by atoms with Gasteiger partial charge < -0.3 is 29.1 Å². The van der Waals surface area contributed by atoms with Crippen molar-refractivity contribution in [2.75, 3.05) is 6.61 Å². The van der Waals surface area contributed by atoms with Crippen LogP contribution in [0.25, 0.3) is 0 Å². The second-order valence-corrected chi connectivity index (χ2v) is 6.74. The molecule has 0 amide bonds. The Labute approximate surface area is 172 Å². The maximum atomic E-state index is 11.8. The van der Waals surface area contributed by atoms with Gasteiger partial charge in [0.05, 0.1) is 0 Å². The molecule has 13 heteroatoms. The first kappa shape index (κ1) is 29.2. The fourth-order valence-electron chi connectivity index (χ4n) is 0.999. The van der Waals surface area contributed by atoms with Gasteiger partial charge in [0, 0.05) is 22.8 Å². The Morgan fingerprint density at radius 1 is 0.867 bits per heavy atom. The van der Waals surface area contributed by atoms with Crippen molar-refractivity contribution in [3.05, 3.63) is 49.1 Å². The summed E-state index contributed by atoms with van der Waals surface area (Å²) in [6.07, 6.45) is 0.833. The number of phosphoric acid groups is 1. The van der Waals surface area contributed by atoms with Crippen LogP contribution in [0.4, 0.5) is 0 Å². The van der Waals surface area contributed by atoms with Crippen molar-refractivity contribution in [3.63, 3.8) is 0 Å². The molecule has 0 fully saturated rings. The number of ether oxygens (including phenoxy) is 3. The third kappa shape index (κ3) is 13.2. The maximum Gasteiger partial charge on any atom is 0.470 e. The number of carbonyl (C=O) groups excluding carboxylic acids is 3. The molecule has 0 aliphatic carbocycles. The second kappa shape index (κ2) is 12.5. The number of hydrogen-bond acceptors (Lipinski definition) is 9. The van der Waals surface area contributed by atoms with Gasteiger partial charge in [0.25, 0.3) is 0 Å². The summed E-state index contributed by atoms with van der Waals surface area (Å²) in [5, 5.41) is 7.60. The van der Waals surface area contributed by atoms with Gasteiger partial charge >= 0.3 is 37.7 Å². The van der Waals surface area contributed by atoms with Crippen LogP contribution >= 0.6 is 7.82 Å². The molecule has 12 nitrogen and oxygen atoms in total. The number of hydrogen-bond donors (Lipinski definition) is 3. The van der Waals surface area contributed by atoms with Crippen LogP contribution in [-0.2, 0) is 42.5 Å². The lowest BCUT2D eigenvalue weighted by Crippen LogP contribution is -2.48. The van der Waals surface area contributed by atoms with Crippen LogP contribution < -0.4 is 0 Å². The van der Waals surface area contributed by atoms with E-state index in [9.17, 15) is 23.7 Å². The fraction of sp³-hybridized carbons (Fsp3) is 0.294. The van der Waals surface area contributed by atoms with Gasteiger partial charge in [-0.25, -0.2) is 23.7 Å². The van der Waals surface area contributed by atoms with Crippen LogP contribution in [-0.4, -0.2) is 51.4 Å². The highest BCUT2D eigenvalue weighted by molar-refractivity contribution is 7.46. The van der Waals surface area contributed by atoms with Crippen molar-refractivity contribution >= 4 is 31.7 Å². The summed E-state index contributed by atoms with van der Waals surface area (Å²) < 4.78 is 29.4. The minimum absolute atomic E-state index is 0.182. The third-order valence-corrected chi connectivity index (χ3v) is 2.84. The van der Waals surface area contributed by atoms with Crippen LogP contribution in [0.15, 0.2) is 49.1 Å². The first-order valence-corrected chi connectivity index (χ1v) is 9.21. The number of esters is 3. The molecule has 0 bridgehead atoms. The van der Waals surface area contributed by atoms with Gasteiger partial charge in [0.1, 0.15) is 0 Å². The van der Waals surface area contributed by atoms with Crippen molar-refractivity contribution in [1.29, 1.82) is 0 Å². The SMILES string of the molecule is C=C(C)C(=O)OC(COP(=O)(O)O)(OC(=O)C(=C)C)OC(=O)C(=C)C.C=CC(=O)O. The van der Waals surface area contributed by atoms with Crippen molar-refractivity contribution in [2.24, 2.45) is 0 Å². The van der Waals surface area contributed by atoms with E-state index < -0.39 is 44.3 Å². The number of carbonyl (C=O) groups is 4. The number of carboxylic acids is 1. The number of rotatable bonds is 10. The van der Waals surface area contributed by atoms with E-state index in [0.717, 1.165) is 6.08 Å². The minimum atomic E-state index is -5.10. The molecular weight excluding hydrogens is 427 g/mol. The third-order valence-electron chi connectivity index (χ3n) is 2.37. The van der Waals surface area contributed by atoms with Gasteiger partial charge in [-0.2, -0.15) is 0 Å². The lowest BCUT2D eigenvalue weighted by atomic mass is 10.3. The van der Waals surface area contributed by atoms with Gasteiger partial charge in [-0.05, 0) is 20.8 Å². The molecule has 0 unspecified atom stereocenters. The average molecular weight is 450 g/mol. The molecule has 0 aromatic heterocycles. The molecule has 0 atom stereocenters. The summed E-state index contributed by atoms with van der Waals surface area (Å²) in [7, 11) is -5.10. The Hall–Kier alpha value is -3.05. The molecule has 0 heterocycles. The highest BCUT2D eigenvalue weighted by Gasteiger charge is 2.46. The van der Waals surface area contributed by atoms with E-state index in [2.05, 4.69) is 30.8 Å². The van der Waals surface area contributed by atoms with Gasteiger partial charge in [0.15, 0.2) is 6.61 Å². The number of aliphatic carboxylic acids is 1. The molecule has 168 valence electrons. The first-order chi connectivity index (χ1) is 13.5. The minimum Gasteiger partial charge on any atom is -0.478 e. The van der Waals surface area contributed by atoms with Crippen molar-refractivity contribution in [3.8, 4) is 0 Å². The van der Waals surface area contributed by atoms with Crippen molar-refractivity contribution in [1.82, 2.24) is 0 Å². The van der Waals surface area contributed by atoms with Crippen LogP contribution in [0, 0.1) is 0 Å². The zero-order valence-electron chi connectivity index (χ0n) is 16.6. The van der Waals surface area contributed by atoms with Crippen LogP contribution in [0.3, 0.4) is 0 Å². The Morgan fingerprint density at radius 3 is 1.30 bits per heavy atom. The van der Waals surface area contributed by atoms with E-state index >= 15 is 0 Å². The summed E-state index contributed by atoms with van der Waals surface area (Å²) in [6, 6.07) is 0. The molecule has 0 saturated carbocycles. The Morgan fingerprint density at radius 2 is 1.13 bits per heavy atom. The topological polar surface area (TPSA) is 183 Å². The van der Waals surface area contributed by atoms with Gasteiger partial charge in [-0.3, -0.25) is 4.52 Å². The fourth-order valence-corrected chi connectivity index (χ4v) is 1.33. The standard InChI is InChI=1S/C14H19O10P.C3H4O2/c1-8(2)11(15)22-14(7-21-25(18,19)20,23-12(16)9(3)4)24-13(17)10(5)6;1-2-3(4)5/h1,3,5,7H2,2,4,6H3,(H2,18,19,20);2H,1H2,(H,4,5). The summed E-state index contributed by atoms with van der Waals surface area (Å²) in [6.45, 7) is 15.2. The molecule has 0 aliphatic heterocycles. The quantitative estimate of drug-likeness (QED) is 0.188. The monoisotopic (exact) mass is 450 g/mol. The lowest BCUT2D eigenvalue weighted by Gasteiger charge is -2.31. The molecule has 0 aromatic carbocycles. The number of phosphoric ester groups is 1. The molecule has 0 aromatic rings. The predicted octanol–water partition coefficient (Wildman–Crippen LogP) is 1.36. The normalized spacial score (nSPS) is 10.4. The smallest absolute Gasteiger partial charge is 0.470 e. The zero-order chi connectivity index (χ0) is 24.3. The summed E-state index contributed by atoms with van der Waals surface area (Å²) >= 11 is 0. The van der Waals surface area contributed by atoms with E-state index in [1.165, 1.54) is 20.8 Å². The van der Waals surface area contributed by atoms with Crippen molar-refractivity contribution < 1.29 is 57.4 Å². The zero-order valence-corrected chi connectivity index (χ0v) is 17.5. The second-order valence-electron chi connectivity index (χ2n) is 5.50. The van der Waals surface area contributed by atoms with E-state index in [-0.39, 0.29) is 16.7 Å². The highest BCUT2D eigenvalue weighted by atomic mass is 31.2. The Kier molecular flexibility index (Phi) is 12.1. The van der Waals surface area contributed by atoms with Gasteiger partial charge in [-0.1, -0.05) is 26.3 Å². The maximum absolute atomic E-state index is 11.8. The molecule has 0 radical (unpaired) electrons. The van der Waals surface area contributed by atoms with Crippen LogP contribution in [0.1, 0.15) is 20.8 Å². The largest absolute Gasteiger partial charge is 0.478 e. The van der Waals surface area contributed by atoms with E-state index in [4.69, 9.17) is 29.1 Å². The molecule has 3 N–H and O–H groups in total. The van der Waals surface area contributed by atoms with Crippen LogP contribution in [0.2, 0.25) is 0 Å². The molecule has 0 aliphatic rings. The van der Waals surface area contributed by atoms with E-state index in [1.807, 2.05) is 0 Å². The van der Waals surface area contributed by atoms with E-state index in [0.29, 0.717) is 0 Å². The van der Waals surface area contributed by atoms with Crippen LogP contribution in [0.5, 0.6) is 0 Å². The Balaban J connectivity index is 0. The average Bonchev–Trinajstić information content (AvgIpc) is 2.59. The first-order valence-electron chi connectivity index (χ1n) is 7.68. The molecule has 0 saturated heterocycles. The summed E-state index contributed by atoms with van der Waals surface area (Å²) in [5.74, 6) is -7.46. The van der Waals surface area contributed by atoms with E-state index in [1.54, 1.807) is 0 Å². The predicted molar refractivity (Wildman–Crippen MR) is 101 cm³/mol. The Bertz CT molecular complexity index is 719. The highest BCUT2D eigenvalue weighted by Crippen LogP contribution is 2.38. The molecule has 0 rings (SSSR count). The van der Waals surface area contributed by atoms with Crippen molar-refractivity contribution in [2.45, 2.75) is 26.7 Å². The summed E-state index contributed by atoms with van der Waals surface area (Å²) in [5.41, 5.74) is -0.546. The molecule has 0 spiro atoms. The van der Waals surface area contributed by atoms with Gasteiger partial charge in [0.2, 0.25) is 0 Å². The summed E-state index contributed by atoms with van der Waals surface area (Å²) in [4.78, 5) is 62.3. The molecule has 30 heavy (non-hydrogen) atoms. The van der Waals surface area contributed by atoms with Gasteiger partial charge in [-0.15, -0.1) is 0 Å².